The minimum absolute atomic E-state index is 0.149. The number of hydrogen-bond donors (Lipinski definition) is 2. The van der Waals surface area contributed by atoms with Gasteiger partial charge in [-0.25, -0.2) is 4.79 Å². The molecule has 0 unspecified atom stereocenters. The first-order valence-electron chi connectivity index (χ1n) is 11.6. The van der Waals surface area contributed by atoms with Crippen molar-refractivity contribution in [3.63, 3.8) is 0 Å². The molecule has 1 heterocycles. The molecule has 30 heavy (non-hydrogen) atoms. The molecule has 2 N–H and O–H groups in total. The van der Waals surface area contributed by atoms with Crippen LogP contribution >= 0.6 is 0 Å². The Morgan fingerprint density at radius 2 is 1.90 bits per heavy atom. The first kappa shape index (κ1) is 22.6. The zero-order valence-corrected chi connectivity index (χ0v) is 18.5. The number of imide groups is 1. The molecule has 3 rings (SSSR count). The Morgan fingerprint density at radius 3 is 2.63 bits per heavy atom. The normalized spacial score (nSPS) is 17.9. The van der Waals surface area contributed by atoms with E-state index in [1.165, 1.54) is 37.7 Å². The van der Waals surface area contributed by atoms with Crippen molar-refractivity contribution in [2.24, 2.45) is 5.92 Å². The van der Waals surface area contributed by atoms with Crippen LogP contribution in [0, 0.1) is 5.92 Å². The van der Waals surface area contributed by atoms with Crippen LogP contribution in [-0.2, 0) is 10.3 Å². The third-order valence-corrected chi connectivity index (χ3v) is 5.93. The minimum atomic E-state index is -0.233. The second-order valence-corrected chi connectivity index (χ2v) is 9.10. The third kappa shape index (κ3) is 6.73. The van der Waals surface area contributed by atoms with Gasteiger partial charge in [-0.2, -0.15) is 0 Å². The molecule has 1 aromatic carbocycles. The number of nitrogens with zero attached hydrogens (tertiary/aromatic N) is 1. The molecule has 0 radical (unpaired) electrons. The fourth-order valence-corrected chi connectivity index (χ4v) is 3.94. The molecule has 6 heteroatoms. The minimum Gasteiger partial charge on any atom is -0.493 e. The van der Waals surface area contributed by atoms with Crippen molar-refractivity contribution >= 4 is 11.9 Å². The molecule has 0 atom stereocenters. The Labute approximate surface area is 180 Å². The van der Waals surface area contributed by atoms with Crippen LogP contribution in [-0.4, -0.2) is 43.1 Å². The van der Waals surface area contributed by atoms with Crippen molar-refractivity contribution in [3.8, 4) is 5.75 Å². The van der Waals surface area contributed by atoms with E-state index >= 15 is 0 Å². The molecular weight excluding hydrogens is 378 g/mol. The van der Waals surface area contributed by atoms with E-state index in [4.69, 9.17) is 4.74 Å². The predicted molar refractivity (Wildman–Crippen MR) is 119 cm³/mol. The molecule has 2 fully saturated rings. The van der Waals surface area contributed by atoms with Crippen molar-refractivity contribution in [1.29, 1.82) is 0 Å². The molecular formula is C24H37N3O3. The average molecular weight is 416 g/mol. The van der Waals surface area contributed by atoms with Gasteiger partial charge in [0.1, 0.15) is 5.75 Å². The summed E-state index contributed by atoms with van der Waals surface area (Å²) in [6.45, 7) is 7.43. The van der Waals surface area contributed by atoms with E-state index in [0.717, 1.165) is 38.3 Å². The molecule has 1 aliphatic carbocycles. The molecule has 166 valence electrons. The van der Waals surface area contributed by atoms with Gasteiger partial charge in [-0.1, -0.05) is 45.2 Å². The average Bonchev–Trinajstić information content (AvgIpc) is 3.51. The topological polar surface area (TPSA) is 70.7 Å². The van der Waals surface area contributed by atoms with Gasteiger partial charge in [-0.3, -0.25) is 10.1 Å². The van der Waals surface area contributed by atoms with Crippen LogP contribution in [0.5, 0.6) is 5.75 Å². The monoisotopic (exact) mass is 415 g/mol. The first-order chi connectivity index (χ1) is 14.5. The van der Waals surface area contributed by atoms with E-state index in [2.05, 4.69) is 42.7 Å². The summed E-state index contributed by atoms with van der Waals surface area (Å²) in [7, 11) is 0. The van der Waals surface area contributed by atoms with Crippen LogP contribution < -0.4 is 15.4 Å². The van der Waals surface area contributed by atoms with Crippen LogP contribution in [0.1, 0.15) is 70.8 Å². The highest BCUT2D eigenvalue weighted by Gasteiger charge is 2.43. The maximum atomic E-state index is 11.7. The molecule has 1 saturated heterocycles. The quantitative estimate of drug-likeness (QED) is 0.474. The Balaban J connectivity index is 1.28. The van der Waals surface area contributed by atoms with Crippen LogP contribution in [0.3, 0.4) is 0 Å². The Morgan fingerprint density at radius 1 is 1.13 bits per heavy atom. The Bertz CT molecular complexity index is 715. The van der Waals surface area contributed by atoms with E-state index in [9.17, 15) is 9.59 Å². The van der Waals surface area contributed by atoms with Gasteiger partial charge in [0.2, 0.25) is 5.91 Å². The molecule has 1 aliphatic heterocycles. The Kier molecular flexibility index (Phi) is 8.14. The molecule has 1 saturated carbocycles. The van der Waals surface area contributed by atoms with E-state index in [0.29, 0.717) is 18.9 Å². The van der Waals surface area contributed by atoms with Gasteiger partial charge in [0.25, 0.3) is 0 Å². The largest absolute Gasteiger partial charge is 0.493 e. The number of amides is 3. The number of urea groups is 1. The summed E-state index contributed by atoms with van der Waals surface area (Å²) in [4.78, 5) is 24.6. The van der Waals surface area contributed by atoms with E-state index in [1.807, 2.05) is 6.07 Å². The van der Waals surface area contributed by atoms with Gasteiger partial charge in [0.05, 0.1) is 6.61 Å². The standard InChI is InChI=1S/C24H37N3O3/c1-19(2)18-30-21-10-8-9-20(17-21)24(12-13-24)25-14-6-4-3-5-7-15-27-16-11-22(28)26-23(27)29/h8-10,17,19,25H,3-7,11-16,18H2,1-2H3,(H,26,28,29). The lowest BCUT2D eigenvalue weighted by molar-refractivity contribution is -0.121. The first-order valence-corrected chi connectivity index (χ1v) is 11.6. The highest BCUT2D eigenvalue weighted by atomic mass is 16.5. The lowest BCUT2D eigenvalue weighted by atomic mass is 10.0. The summed E-state index contributed by atoms with van der Waals surface area (Å²) < 4.78 is 5.89. The van der Waals surface area contributed by atoms with Crippen molar-refractivity contribution < 1.29 is 14.3 Å². The van der Waals surface area contributed by atoms with Crippen LogP contribution in [0.25, 0.3) is 0 Å². The van der Waals surface area contributed by atoms with E-state index in [-0.39, 0.29) is 17.5 Å². The third-order valence-electron chi connectivity index (χ3n) is 5.93. The molecule has 1 aromatic rings. The van der Waals surface area contributed by atoms with Crippen LogP contribution in [0.2, 0.25) is 0 Å². The van der Waals surface area contributed by atoms with Gasteiger partial charge < -0.3 is 15.0 Å². The summed E-state index contributed by atoms with van der Waals surface area (Å²) >= 11 is 0. The van der Waals surface area contributed by atoms with Crippen molar-refractivity contribution in [1.82, 2.24) is 15.5 Å². The fourth-order valence-electron chi connectivity index (χ4n) is 3.94. The Hall–Kier alpha value is -2.08. The van der Waals surface area contributed by atoms with E-state index in [1.54, 1.807) is 4.90 Å². The van der Waals surface area contributed by atoms with Gasteiger partial charge >= 0.3 is 6.03 Å². The second kappa shape index (κ2) is 10.8. The van der Waals surface area contributed by atoms with Crippen molar-refractivity contribution in [2.45, 2.75) is 70.8 Å². The van der Waals surface area contributed by atoms with E-state index < -0.39 is 0 Å². The zero-order chi connectivity index (χ0) is 21.4. The number of benzene rings is 1. The van der Waals surface area contributed by atoms with Gasteiger partial charge in [0, 0.05) is 25.0 Å². The maximum Gasteiger partial charge on any atom is 0.324 e. The molecule has 6 nitrogen and oxygen atoms in total. The second-order valence-electron chi connectivity index (χ2n) is 9.10. The number of carbonyl (C=O) groups excluding carboxylic acids is 2. The number of rotatable bonds is 13. The lowest BCUT2D eigenvalue weighted by Gasteiger charge is -2.26. The summed E-state index contributed by atoms with van der Waals surface area (Å²) in [6, 6.07) is 8.33. The zero-order valence-electron chi connectivity index (χ0n) is 18.5. The molecule has 0 spiro atoms. The smallest absolute Gasteiger partial charge is 0.324 e. The van der Waals surface area contributed by atoms with Crippen LogP contribution in [0.15, 0.2) is 24.3 Å². The summed E-state index contributed by atoms with van der Waals surface area (Å²) in [6.07, 6.45) is 8.49. The molecule has 0 bridgehead atoms. The van der Waals surface area contributed by atoms with Crippen LogP contribution in [0.4, 0.5) is 4.79 Å². The summed E-state index contributed by atoms with van der Waals surface area (Å²) in [5.41, 5.74) is 1.50. The fraction of sp³-hybridized carbons (Fsp3) is 0.667. The van der Waals surface area contributed by atoms with Crippen molar-refractivity contribution in [3.05, 3.63) is 29.8 Å². The number of carbonyl (C=O) groups is 2. The van der Waals surface area contributed by atoms with Gasteiger partial charge in [-0.15, -0.1) is 0 Å². The van der Waals surface area contributed by atoms with Crippen molar-refractivity contribution in [2.75, 3.05) is 26.2 Å². The molecule has 3 amide bonds. The molecule has 0 aromatic heterocycles. The predicted octanol–water partition coefficient (Wildman–Crippen LogP) is 4.19. The highest BCUT2D eigenvalue weighted by molar-refractivity contribution is 5.96. The number of hydrogen-bond acceptors (Lipinski definition) is 4. The lowest BCUT2D eigenvalue weighted by Crippen LogP contribution is -2.49. The SMILES string of the molecule is CC(C)COc1cccc(C2(NCCCCCCCN3CCC(=O)NC3=O)CC2)c1. The highest BCUT2D eigenvalue weighted by Crippen LogP contribution is 2.46. The maximum absolute atomic E-state index is 11.7. The number of unbranched alkanes of at least 4 members (excludes halogenated alkanes) is 4. The van der Waals surface area contributed by atoms with Gasteiger partial charge in [0.15, 0.2) is 0 Å². The number of ether oxygens (including phenoxy) is 1. The summed E-state index contributed by atoms with van der Waals surface area (Å²) in [5.74, 6) is 1.34. The van der Waals surface area contributed by atoms with Gasteiger partial charge in [-0.05, 0) is 55.8 Å². The molecule has 2 aliphatic rings. The summed E-state index contributed by atoms with van der Waals surface area (Å²) in [5, 5.41) is 6.16. The number of nitrogens with one attached hydrogen (secondary N) is 2.